The minimum Gasteiger partial charge on any atom is -0.354 e. The Labute approximate surface area is 174 Å². The number of halogens is 1. The van der Waals surface area contributed by atoms with Crippen LogP contribution in [0.25, 0.3) is 0 Å². The van der Waals surface area contributed by atoms with Gasteiger partial charge in [-0.25, -0.2) is 4.99 Å². The molecular weight excluding hydrogens is 445 g/mol. The van der Waals surface area contributed by atoms with Crippen molar-refractivity contribution in [3.63, 3.8) is 0 Å². The topological polar surface area (TPSA) is 77.0 Å². The van der Waals surface area contributed by atoms with E-state index in [0.717, 1.165) is 44.7 Å². The first-order chi connectivity index (χ1) is 12.0. The normalized spacial score (nSPS) is 19.5. The number of guanidine groups is 1. The van der Waals surface area contributed by atoms with E-state index in [2.05, 4.69) is 15.6 Å². The molecule has 2 N–H and O–H groups in total. The van der Waals surface area contributed by atoms with Crippen molar-refractivity contribution in [1.82, 2.24) is 20.4 Å². The minimum atomic E-state index is -0.00357. The van der Waals surface area contributed by atoms with Crippen molar-refractivity contribution in [3.05, 3.63) is 0 Å². The van der Waals surface area contributed by atoms with E-state index >= 15 is 0 Å². The van der Waals surface area contributed by atoms with E-state index in [9.17, 15) is 9.59 Å². The highest BCUT2D eigenvalue weighted by atomic mass is 127. The summed E-state index contributed by atoms with van der Waals surface area (Å²) >= 11 is 0. The fraction of sp³-hybridized carbons (Fsp3) is 0.833. The molecule has 7 nitrogen and oxygen atoms in total. The minimum absolute atomic E-state index is 0. The van der Waals surface area contributed by atoms with Crippen LogP contribution in [0.4, 0.5) is 0 Å². The number of amides is 2. The maximum atomic E-state index is 11.9. The predicted octanol–water partition coefficient (Wildman–Crippen LogP) is 1.57. The Morgan fingerprint density at radius 3 is 2.04 bits per heavy atom. The molecule has 0 aromatic heterocycles. The van der Waals surface area contributed by atoms with Crippen LogP contribution in [0.5, 0.6) is 0 Å². The summed E-state index contributed by atoms with van der Waals surface area (Å²) in [7, 11) is 3.49. The zero-order valence-corrected chi connectivity index (χ0v) is 18.6. The fourth-order valence-corrected chi connectivity index (χ4v) is 3.39. The summed E-state index contributed by atoms with van der Waals surface area (Å²) in [4.78, 5) is 31.3. The molecule has 1 heterocycles. The molecule has 2 amide bonds. The van der Waals surface area contributed by atoms with Crippen molar-refractivity contribution in [3.8, 4) is 0 Å². The number of nitrogens with one attached hydrogen (secondary N) is 2. The van der Waals surface area contributed by atoms with Gasteiger partial charge in [0.15, 0.2) is 5.96 Å². The van der Waals surface area contributed by atoms with Crippen LogP contribution < -0.4 is 10.6 Å². The molecule has 0 atom stereocenters. The quantitative estimate of drug-likeness (QED) is 0.365. The Kier molecular flexibility index (Phi) is 10.3. The lowest BCUT2D eigenvalue weighted by molar-refractivity contribution is -0.130. The van der Waals surface area contributed by atoms with Gasteiger partial charge in [-0.15, -0.1) is 24.0 Å². The van der Waals surface area contributed by atoms with Crippen molar-refractivity contribution in [2.75, 3.05) is 33.7 Å². The molecule has 0 unspecified atom stereocenters. The Bertz CT molecular complexity index is 484. The number of likely N-dealkylation sites (N-methyl/N-ethyl adjacent to an activating group) is 1. The fourth-order valence-electron chi connectivity index (χ4n) is 3.39. The number of piperidine rings is 1. The Balaban J connectivity index is 0.00000338. The van der Waals surface area contributed by atoms with E-state index in [-0.39, 0.29) is 42.3 Å². The largest absolute Gasteiger partial charge is 0.354 e. The molecule has 8 heteroatoms. The van der Waals surface area contributed by atoms with E-state index in [1.165, 1.54) is 19.3 Å². The van der Waals surface area contributed by atoms with Gasteiger partial charge in [0, 0.05) is 46.2 Å². The van der Waals surface area contributed by atoms with E-state index < -0.39 is 0 Å². The standard InChI is InChI=1S/C18H33N5O2.HI/c1-14(24)23-11-9-16(10-12-23)21-18(19-13-17(25)22(2)3)20-15-7-5-4-6-8-15;/h15-16H,4-13H2,1-3H3,(H2,19,20,21);1H. The summed E-state index contributed by atoms with van der Waals surface area (Å²) in [6.07, 6.45) is 7.94. The van der Waals surface area contributed by atoms with Crippen LogP contribution >= 0.6 is 24.0 Å². The molecule has 0 aromatic rings. The van der Waals surface area contributed by atoms with Crippen LogP contribution in [-0.2, 0) is 9.59 Å². The van der Waals surface area contributed by atoms with Gasteiger partial charge in [0.1, 0.15) is 6.54 Å². The summed E-state index contributed by atoms with van der Waals surface area (Å²) in [6, 6.07) is 0.728. The lowest BCUT2D eigenvalue weighted by atomic mass is 9.95. The van der Waals surface area contributed by atoms with Crippen molar-refractivity contribution >= 4 is 41.8 Å². The highest BCUT2D eigenvalue weighted by molar-refractivity contribution is 14.0. The molecule has 0 aromatic carbocycles. The van der Waals surface area contributed by atoms with Crippen LogP contribution in [0, 0.1) is 0 Å². The third kappa shape index (κ3) is 7.67. The summed E-state index contributed by atoms with van der Waals surface area (Å²) in [5, 5.41) is 7.01. The van der Waals surface area contributed by atoms with Gasteiger partial charge in [-0.2, -0.15) is 0 Å². The van der Waals surface area contributed by atoms with Gasteiger partial charge in [0.25, 0.3) is 0 Å². The highest BCUT2D eigenvalue weighted by Gasteiger charge is 2.23. The number of nitrogens with zero attached hydrogens (tertiary/aromatic N) is 3. The molecule has 2 fully saturated rings. The predicted molar refractivity (Wildman–Crippen MR) is 115 cm³/mol. The number of rotatable bonds is 4. The third-order valence-corrected chi connectivity index (χ3v) is 5.10. The second-order valence-electron chi connectivity index (χ2n) is 7.36. The maximum absolute atomic E-state index is 11.9. The van der Waals surface area contributed by atoms with Gasteiger partial charge >= 0.3 is 0 Å². The average Bonchev–Trinajstić information content (AvgIpc) is 2.60. The Morgan fingerprint density at radius 1 is 1.00 bits per heavy atom. The van der Waals surface area contributed by atoms with E-state index in [0.29, 0.717) is 12.1 Å². The number of aliphatic imine (C=N–C) groups is 1. The first kappa shape index (κ1) is 23.0. The SMILES string of the molecule is CC(=O)N1CCC(NC(=NCC(=O)N(C)C)NC2CCCCC2)CC1.I. The molecule has 0 radical (unpaired) electrons. The average molecular weight is 479 g/mol. The van der Waals surface area contributed by atoms with Gasteiger partial charge in [-0.1, -0.05) is 19.3 Å². The third-order valence-electron chi connectivity index (χ3n) is 5.10. The van der Waals surface area contributed by atoms with Crippen LogP contribution in [-0.4, -0.2) is 73.4 Å². The molecule has 26 heavy (non-hydrogen) atoms. The van der Waals surface area contributed by atoms with Crippen LogP contribution in [0.2, 0.25) is 0 Å². The van der Waals surface area contributed by atoms with Gasteiger partial charge in [-0.05, 0) is 25.7 Å². The Morgan fingerprint density at radius 2 is 1.54 bits per heavy atom. The van der Waals surface area contributed by atoms with Crippen LogP contribution in [0.3, 0.4) is 0 Å². The molecule has 0 bridgehead atoms. The first-order valence-corrected chi connectivity index (χ1v) is 9.49. The lowest BCUT2D eigenvalue weighted by Gasteiger charge is -2.33. The zero-order valence-electron chi connectivity index (χ0n) is 16.3. The number of hydrogen-bond donors (Lipinski definition) is 2. The molecule has 2 aliphatic rings. The molecule has 1 aliphatic heterocycles. The summed E-state index contributed by atoms with van der Waals surface area (Å²) in [5.74, 6) is 0.878. The summed E-state index contributed by atoms with van der Waals surface area (Å²) in [5.41, 5.74) is 0. The molecule has 1 saturated heterocycles. The second-order valence-corrected chi connectivity index (χ2v) is 7.36. The number of hydrogen-bond acceptors (Lipinski definition) is 3. The number of carbonyl (C=O) groups excluding carboxylic acids is 2. The monoisotopic (exact) mass is 479 g/mol. The van der Waals surface area contributed by atoms with Gasteiger partial charge in [0.2, 0.25) is 11.8 Å². The van der Waals surface area contributed by atoms with Crippen LogP contribution in [0.15, 0.2) is 4.99 Å². The van der Waals surface area contributed by atoms with E-state index in [4.69, 9.17) is 0 Å². The van der Waals surface area contributed by atoms with Crippen molar-refractivity contribution in [2.45, 2.75) is 64.0 Å². The highest BCUT2D eigenvalue weighted by Crippen LogP contribution is 2.17. The van der Waals surface area contributed by atoms with Crippen molar-refractivity contribution in [1.29, 1.82) is 0 Å². The maximum Gasteiger partial charge on any atom is 0.243 e. The first-order valence-electron chi connectivity index (χ1n) is 9.49. The molecule has 1 saturated carbocycles. The zero-order chi connectivity index (χ0) is 18.2. The summed E-state index contributed by atoms with van der Waals surface area (Å²) in [6.45, 7) is 3.33. The number of carbonyl (C=O) groups is 2. The van der Waals surface area contributed by atoms with Crippen molar-refractivity contribution in [2.24, 2.45) is 4.99 Å². The smallest absolute Gasteiger partial charge is 0.243 e. The Hall–Kier alpha value is -1.06. The molecule has 150 valence electrons. The lowest BCUT2D eigenvalue weighted by Crippen LogP contribution is -2.52. The molecule has 0 spiro atoms. The molecule has 2 rings (SSSR count). The molecule has 1 aliphatic carbocycles. The summed E-state index contributed by atoms with van der Waals surface area (Å²) < 4.78 is 0. The van der Waals surface area contributed by atoms with Crippen LogP contribution in [0.1, 0.15) is 51.9 Å². The van der Waals surface area contributed by atoms with Gasteiger partial charge in [-0.3, -0.25) is 9.59 Å². The number of likely N-dealkylation sites (tertiary alicyclic amines) is 1. The van der Waals surface area contributed by atoms with Gasteiger partial charge in [0.05, 0.1) is 0 Å². The second kappa shape index (κ2) is 11.6. The molecular formula is C18H34IN5O2. The van der Waals surface area contributed by atoms with E-state index in [1.54, 1.807) is 25.9 Å². The van der Waals surface area contributed by atoms with E-state index in [1.807, 2.05) is 4.90 Å². The van der Waals surface area contributed by atoms with Crippen molar-refractivity contribution < 1.29 is 9.59 Å². The van der Waals surface area contributed by atoms with Gasteiger partial charge < -0.3 is 20.4 Å².